The van der Waals surface area contributed by atoms with Gasteiger partial charge in [0.25, 0.3) is 0 Å². The monoisotopic (exact) mass is 422 g/mol. The molecule has 0 aliphatic heterocycles. The van der Waals surface area contributed by atoms with E-state index in [4.69, 9.17) is 11.6 Å². The molecule has 0 aliphatic carbocycles. The molecule has 0 saturated heterocycles. The van der Waals surface area contributed by atoms with Crippen molar-refractivity contribution in [3.05, 3.63) is 35.5 Å². The third kappa shape index (κ3) is 4.47. The zero-order valence-corrected chi connectivity index (χ0v) is 15.0. The lowest BCUT2D eigenvalue weighted by Crippen LogP contribution is -2.42. The summed E-state index contributed by atoms with van der Waals surface area (Å²) in [4.78, 5) is 26.7. The van der Waals surface area contributed by atoms with E-state index in [1.165, 1.54) is 13.1 Å². The van der Waals surface area contributed by atoms with Crippen LogP contribution in [0.1, 0.15) is 11.2 Å². The molecule has 0 aromatic carbocycles. The molecule has 0 spiro atoms. The van der Waals surface area contributed by atoms with Crippen LogP contribution in [-0.2, 0) is 4.79 Å². The van der Waals surface area contributed by atoms with Crippen LogP contribution in [0.4, 0.5) is 23.4 Å². The van der Waals surface area contributed by atoms with Crippen LogP contribution in [0.2, 0.25) is 5.02 Å². The highest BCUT2D eigenvalue weighted by molar-refractivity contribution is 6.31. The normalized spacial score (nSPS) is 12.8. The van der Waals surface area contributed by atoms with Crippen LogP contribution in [0.15, 0.2) is 24.7 Å². The van der Waals surface area contributed by atoms with E-state index in [9.17, 15) is 22.4 Å². The highest BCUT2D eigenvalue weighted by Crippen LogP contribution is 2.28. The summed E-state index contributed by atoms with van der Waals surface area (Å²) in [6, 6.07) is 0.460. The molecule has 28 heavy (non-hydrogen) atoms. The van der Waals surface area contributed by atoms with Gasteiger partial charge in [-0.2, -0.15) is 13.2 Å². The number of aromatic nitrogens is 4. The number of fused-ring (bicyclic) bond motifs is 1. The molecule has 0 saturated carbocycles. The summed E-state index contributed by atoms with van der Waals surface area (Å²) in [5.74, 6) is -2.04. The average molecular weight is 423 g/mol. The lowest BCUT2D eigenvalue weighted by molar-refractivity contribution is -0.138. The Balaban J connectivity index is 0.00000300. The van der Waals surface area contributed by atoms with Crippen molar-refractivity contribution in [1.29, 1.82) is 0 Å². The van der Waals surface area contributed by atoms with E-state index in [0.29, 0.717) is 21.6 Å². The van der Waals surface area contributed by atoms with E-state index < -0.39 is 30.5 Å². The summed E-state index contributed by atoms with van der Waals surface area (Å²) in [5, 5.41) is 5.14. The number of amides is 1. The number of anilines is 1. The molecule has 0 aliphatic rings. The summed E-state index contributed by atoms with van der Waals surface area (Å²) in [7, 11) is 0. The fourth-order valence-electron chi connectivity index (χ4n) is 2.37. The topological polar surface area (TPSA) is 95.6 Å². The van der Waals surface area contributed by atoms with Crippen molar-refractivity contribution < 1.29 is 26.6 Å². The zero-order valence-electron chi connectivity index (χ0n) is 14.2. The van der Waals surface area contributed by atoms with Gasteiger partial charge < -0.3 is 15.6 Å². The van der Waals surface area contributed by atoms with Crippen molar-refractivity contribution in [2.75, 3.05) is 11.9 Å². The van der Waals surface area contributed by atoms with Gasteiger partial charge >= 0.3 is 6.18 Å². The molecule has 0 unspecified atom stereocenters. The molecule has 154 valence electrons. The van der Waals surface area contributed by atoms with Crippen LogP contribution in [0.5, 0.6) is 0 Å². The standard InChI is InChI=1S/C16H13ClF4N6O.3H2/c1-7(15(28)25-6-16(19,20)21)26-14-11(18)5-24-13(27-14)10-4-23-12-9(10)2-8(17)3-22-12;;;/h2-5,7H,6H2,1H3,(H,22,23)(H,25,28)(H,24,26,27);3*1H/t7-;;;/m0.../s1. The first-order valence-corrected chi connectivity index (χ1v) is 8.28. The molecule has 3 aromatic rings. The summed E-state index contributed by atoms with van der Waals surface area (Å²) in [5.41, 5.74) is 1.00. The molecule has 12 heteroatoms. The molecule has 1 amide bonds. The molecular weight excluding hydrogens is 404 g/mol. The predicted octanol–water partition coefficient (Wildman–Crippen LogP) is 4.03. The van der Waals surface area contributed by atoms with E-state index >= 15 is 0 Å². The Hall–Kier alpha value is -2.95. The smallest absolute Gasteiger partial charge is 0.356 e. The molecule has 1 atom stereocenters. The van der Waals surface area contributed by atoms with Gasteiger partial charge in [0, 0.05) is 27.6 Å². The van der Waals surface area contributed by atoms with E-state index in [1.54, 1.807) is 17.6 Å². The number of nitrogens with zero attached hydrogens (tertiary/aromatic N) is 3. The molecular formula is C16H19ClF4N6O. The van der Waals surface area contributed by atoms with Gasteiger partial charge in [-0.1, -0.05) is 11.6 Å². The number of carbonyl (C=O) groups is 1. The van der Waals surface area contributed by atoms with E-state index in [0.717, 1.165) is 6.20 Å². The van der Waals surface area contributed by atoms with Gasteiger partial charge in [-0.25, -0.2) is 19.3 Å². The summed E-state index contributed by atoms with van der Waals surface area (Å²) in [6.45, 7) is -0.208. The van der Waals surface area contributed by atoms with Gasteiger partial charge in [-0.3, -0.25) is 4.79 Å². The maximum Gasteiger partial charge on any atom is 0.405 e. The first-order chi connectivity index (χ1) is 13.1. The third-order valence-electron chi connectivity index (χ3n) is 3.69. The number of halogens is 5. The molecule has 3 rings (SSSR count). The minimum atomic E-state index is -4.55. The van der Waals surface area contributed by atoms with Gasteiger partial charge in [0.05, 0.1) is 11.2 Å². The Morgan fingerprint density at radius 1 is 1.36 bits per heavy atom. The van der Waals surface area contributed by atoms with Gasteiger partial charge in [-0.15, -0.1) is 0 Å². The minimum absolute atomic E-state index is 0. The first-order valence-electron chi connectivity index (χ1n) is 7.90. The Bertz CT molecular complexity index is 1040. The molecule has 3 aromatic heterocycles. The zero-order chi connectivity index (χ0) is 20.5. The second kappa shape index (κ2) is 7.58. The third-order valence-corrected chi connectivity index (χ3v) is 3.90. The Kier molecular flexibility index (Phi) is 5.36. The number of hydrogen-bond acceptors (Lipinski definition) is 5. The molecule has 0 fully saturated rings. The number of nitrogens with one attached hydrogen (secondary N) is 3. The SMILES string of the molecule is C[C@H](Nc1nc(-c2c[nH]c3ncc(Cl)cc23)ncc1F)C(=O)NCC(F)(F)F.[HH].[HH].[HH]. The Labute approximate surface area is 165 Å². The quantitative estimate of drug-likeness (QED) is 0.539. The maximum absolute atomic E-state index is 14.0. The van der Waals surface area contributed by atoms with Crippen LogP contribution < -0.4 is 10.6 Å². The summed E-state index contributed by atoms with van der Waals surface area (Å²) in [6.07, 6.45) is -0.649. The van der Waals surface area contributed by atoms with Gasteiger partial charge in [0.2, 0.25) is 5.91 Å². The fourth-order valence-corrected chi connectivity index (χ4v) is 2.53. The first kappa shape index (κ1) is 19.8. The second-order valence-corrected chi connectivity index (χ2v) is 6.28. The molecule has 3 N–H and O–H groups in total. The lowest BCUT2D eigenvalue weighted by atomic mass is 10.2. The highest BCUT2D eigenvalue weighted by atomic mass is 35.5. The van der Waals surface area contributed by atoms with Crippen LogP contribution in [-0.4, -0.2) is 44.6 Å². The van der Waals surface area contributed by atoms with Crippen LogP contribution in [0.25, 0.3) is 22.4 Å². The second-order valence-electron chi connectivity index (χ2n) is 5.84. The highest BCUT2D eigenvalue weighted by Gasteiger charge is 2.29. The molecule has 0 bridgehead atoms. The molecule has 3 heterocycles. The van der Waals surface area contributed by atoms with Crippen molar-refractivity contribution in [2.24, 2.45) is 0 Å². The summed E-state index contributed by atoms with van der Waals surface area (Å²) >= 11 is 5.94. The maximum atomic E-state index is 14.0. The Morgan fingerprint density at radius 2 is 2.11 bits per heavy atom. The number of H-pyrrole nitrogens is 1. The van der Waals surface area contributed by atoms with Crippen LogP contribution in [0.3, 0.4) is 0 Å². The number of aromatic amines is 1. The molecule has 7 nitrogen and oxygen atoms in total. The Morgan fingerprint density at radius 3 is 2.82 bits per heavy atom. The van der Waals surface area contributed by atoms with Crippen molar-refractivity contribution in [3.8, 4) is 11.4 Å². The number of pyridine rings is 1. The largest absolute Gasteiger partial charge is 0.405 e. The summed E-state index contributed by atoms with van der Waals surface area (Å²) < 4.78 is 50.7. The number of rotatable bonds is 5. The van der Waals surface area contributed by atoms with Crippen molar-refractivity contribution in [2.45, 2.75) is 19.1 Å². The van der Waals surface area contributed by atoms with Crippen LogP contribution in [0, 0.1) is 5.82 Å². The van der Waals surface area contributed by atoms with Gasteiger partial charge in [-0.05, 0) is 13.0 Å². The van der Waals surface area contributed by atoms with Crippen molar-refractivity contribution in [1.82, 2.24) is 25.3 Å². The number of carbonyl (C=O) groups excluding carboxylic acids is 1. The number of hydrogen-bond donors (Lipinski definition) is 3. The van der Waals surface area contributed by atoms with Gasteiger partial charge in [0.1, 0.15) is 18.2 Å². The van der Waals surface area contributed by atoms with E-state index in [2.05, 4.69) is 25.3 Å². The number of alkyl halides is 3. The minimum Gasteiger partial charge on any atom is -0.356 e. The van der Waals surface area contributed by atoms with Crippen LogP contribution >= 0.6 is 11.6 Å². The van der Waals surface area contributed by atoms with Crippen molar-refractivity contribution in [3.63, 3.8) is 0 Å². The van der Waals surface area contributed by atoms with Crippen molar-refractivity contribution >= 4 is 34.4 Å². The predicted molar refractivity (Wildman–Crippen MR) is 101 cm³/mol. The van der Waals surface area contributed by atoms with Gasteiger partial charge in [0.15, 0.2) is 17.5 Å². The fraction of sp³-hybridized carbons (Fsp3) is 0.250. The molecule has 0 radical (unpaired) electrons. The van der Waals surface area contributed by atoms with E-state index in [1.807, 2.05) is 0 Å². The van der Waals surface area contributed by atoms with E-state index in [-0.39, 0.29) is 15.9 Å². The lowest BCUT2D eigenvalue weighted by Gasteiger charge is -2.16. The average Bonchev–Trinajstić information content (AvgIpc) is 3.03.